The molecule has 0 atom stereocenters. The maximum Gasteiger partial charge on any atom is 0.322 e. The second kappa shape index (κ2) is 5.00. The lowest BCUT2D eigenvalue weighted by Crippen LogP contribution is -2.10. The number of aromatic amines is 1. The van der Waals surface area contributed by atoms with E-state index >= 15 is 0 Å². The van der Waals surface area contributed by atoms with Crippen LogP contribution in [0.4, 0.5) is 5.95 Å². The molecule has 0 aliphatic heterocycles. The lowest BCUT2D eigenvalue weighted by molar-refractivity contribution is 0.219. The maximum absolute atomic E-state index is 5.58. The number of nitrogen functional groups attached to an aromatic ring is 1. The first-order valence-electron chi connectivity index (χ1n) is 4.99. The molecular formula is C9H12N6OS. The Bertz CT molecular complexity index is 486. The third kappa shape index (κ3) is 3.31. The number of rotatable bonds is 4. The Morgan fingerprint density at radius 3 is 2.82 bits per heavy atom. The van der Waals surface area contributed by atoms with E-state index in [-0.39, 0.29) is 18.1 Å². The minimum absolute atomic E-state index is 0.0155. The number of ether oxygens (including phenoxy) is 1. The number of anilines is 1. The highest BCUT2D eigenvalue weighted by molar-refractivity contribution is 7.99. The Balaban J connectivity index is 2.19. The average Bonchev–Trinajstić information content (AvgIpc) is 2.67. The molecule has 0 spiro atoms. The van der Waals surface area contributed by atoms with Gasteiger partial charge in [0.1, 0.15) is 0 Å². The minimum Gasteiger partial charge on any atom is -0.461 e. The van der Waals surface area contributed by atoms with E-state index in [1.54, 1.807) is 12.4 Å². The highest BCUT2D eigenvalue weighted by Gasteiger charge is 2.09. The Morgan fingerprint density at radius 2 is 2.18 bits per heavy atom. The predicted octanol–water partition coefficient (Wildman–Crippen LogP) is 1.12. The third-order valence-corrected chi connectivity index (χ3v) is 2.40. The smallest absolute Gasteiger partial charge is 0.322 e. The van der Waals surface area contributed by atoms with Crippen molar-refractivity contribution < 1.29 is 4.74 Å². The number of hydrogen-bond acceptors (Lipinski definition) is 7. The molecule has 7 nitrogen and oxygen atoms in total. The number of aromatic nitrogens is 5. The van der Waals surface area contributed by atoms with Gasteiger partial charge in [-0.1, -0.05) is 0 Å². The molecule has 8 heteroatoms. The van der Waals surface area contributed by atoms with E-state index in [0.717, 1.165) is 0 Å². The summed E-state index contributed by atoms with van der Waals surface area (Å²) in [5.74, 6) is 0.129. The van der Waals surface area contributed by atoms with Crippen molar-refractivity contribution in [3.05, 3.63) is 12.4 Å². The van der Waals surface area contributed by atoms with Crippen molar-refractivity contribution in [3.8, 4) is 6.01 Å². The van der Waals surface area contributed by atoms with Crippen molar-refractivity contribution in [1.82, 2.24) is 24.9 Å². The lowest BCUT2D eigenvalue weighted by atomic mass is 10.5. The molecule has 0 amide bonds. The SMILES string of the molecule is CC(C)Oc1nc(N)nc(Sc2ncc[nH]2)n1. The third-order valence-electron chi connectivity index (χ3n) is 1.61. The summed E-state index contributed by atoms with van der Waals surface area (Å²) in [6, 6.07) is 0.224. The topological polar surface area (TPSA) is 103 Å². The van der Waals surface area contributed by atoms with Crippen molar-refractivity contribution in [2.45, 2.75) is 30.3 Å². The van der Waals surface area contributed by atoms with Crippen LogP contribution in [0, 0.1) is 0 Å². The molecule has 0 radical (unpaired) electrons. The molecule has 0 bridgehead atoms. The number of nitrogens with two attached hydrogens (primary N) is 1. The summed E-state index contributed by atoms with van der Waals surface area (Å²) in [7, 11) is 0. The van der Waals surface area contributed by atoms with Gasteiger partial charge in [0.05, 0.1) is 6.10 Å². The molecule has 2 rings (SSSR count). The van der Waals surface area contributed by atoms with E-state index < -0.39 is 0 Å². The van der Waals surface area contributed by atoms with Crippen LogP contribution in [0.1, 0.15) is 13.8 Å². The monoisotopic (exact) mass is 252 g/mol. The number of nitrogens with zero attached hydrogens (tertiary/aromatic N) is 4. The Labute approximate surface area is 102 Å². The summed E-state index contributed by atoms with van der Waals surface area (Å²) in [5, 5.41) is 1.13. The van der Waals surface area contributed by atoms with E-state index in [0.29, 0.717) is 10.3 Å². The molecule has 0 unspecified atom stereocenters. The van der Waals surface area contributed by atoms with Crippen LogP contribution in [-0.2, 0) is 0 Å². The summed E-state index contributed by atoms with van der Waals surface area (Å²) in [4.78, 5) is 19.0. The molecule has 90 valence electrons. The Kier molecular flexibility index (Phi) is 3.43. The van der Waals surface area contributed by atoms with Crippen LogP contribution in [0.2, 0.25) is 0 Å². The zero-order valence-electron chi connectivity index (χ0n) is 9.41. The zero-order chi connectivity index (χ0) is 12.3. The highest BCUT2D eigenvalue weighted by atomic mass is 32.2. The van der Waals surface area contributed by atoms with E-state index in [1.165, 1.54) is 11.8 Å². The summed E-state index contributed by atoms with van der Waals surface area (Å²) >= 11 is 1.26. The van der Waals surface area contributed by atoms with Crippen molar-refractivity contribution in [2.75, 3.05) is 5.73 Å². The second-order valence-electron chi connectivity index (χ2n) is 3.42. The summed E-state index contributed by atoms with van der Waals surface area (Å²) in [5.41, 5.74) is 5.58. The van der Waals surface area contributed by atoms with Crippen LogP contribution in [-0.4, -0.2) is 31.0 Å². The van der Waals surface area contributed by atoms with Gasteiger partial charge in [0.15, 0.2) is 5.16 Å². The van der Waals surface area contributed by atoms with Gasteiger partial charge in [-0.25, -0.2) is 4.98 Å². The standard InChI is InChI=1S/C9H12N6OS/c1-5(2)16-7-13-6(10)14-9(15-7)17-8-11-3-4-12-8/h3-5H,1-2H3,(H,11,12)(H2,10,13,14,15). The molecule has 0 aliphatic rings. The Hall–Kier alpha value is -1.83. The van der Waals surface area contributed by atoms with Crippen LogP contribution in [0.15, 0.2) is 22.7 Å². The highest BCUT2D eigenvalue weighted by Crippen LogP contribution is 2.22. The van der Waals surface area contributed by atoms with Gasteiger partial charge in [-0.2, -0.15) is 15.0 Å². The van der Waals surface area contributed by atoms with Crippen molar-refractivity contribution in [1.29, 1.82) is 0 Å². The number of H-pyrrole nitrogens is 1. The lowest BCUT2D eigenvalue weighted by Gasteiger charge is -2.08. The van der Waals surface area contributed by atoms with Gasteiger partial charge in [0, 0.05) is 12.4 Å². The summed E-state index contributed by atoms with van der Waals surface area (Å²) < 4.78 is 5.37. The first-order valence-corrected chi connectivity index (χ1v) is 5.80. The van der Waals surface area contributed by atoms with Crippen molar-refractivity contribution in [3.63, 3.8) is 0 Å². The van der Waals surface area contributed by atoms with Gasteiger partial charge in [0.25, 0.3) is 0 Å². The molecule has 0 fully saturated rings. The normalized spacial score (nSPS) is 10.8. The molecular weight excluding hydrogens is 240 g/mol. The zero-order valence-corrected chi connectivity index (χ0v) is 10.2. The summed E-state index contributed by atoms with van der Waals surface area (Å²) in [6.07, 6.45) is 3.36. The van der Waals surface area contributed by atoms with E-state index in [9.17, 15) is 0 Å². The van der Waals surface area contributed by atoms with Crippen LogP contribution in [0.3, 0.4) is 0 Å². The second-order valence-corrected chi connectivity index (χ2v) is 4.38. The molecule has 17 heavy (non-hydrogen) atoms. The van der Waals surface area contributed by atoms with E-state index in [1.807, 2.05) is 13.8 Å². The number of nitrogens with one attached hydrogen (secondary N) is 1. The van der Waals surface area contributed by atoms with Gasteiger partial charge in [-0.05, 0) is 25.6 Å². The fourth-order valence-corrected chi connectivity index (χ4v) is 1.73. The van der Waals surface area contributed by atoms with E-state index in [4.69, 9.17) is 10.5 Å². The summed E-state index contributed by atoms with van der Waals surface area (Å²) in [6.45, 7) is 3.78. The van der Waals surface area contributed by atoms with Crippen molar-refractivity contribution in [2.24, 2.45) is 0 Å². The average molecular weight is 252 g/mol. The number of imidazole rings is 1. The maximum atomic E-state index is 5.58. The van der Waals surface area contributed by atoms with Gasteiger partial charge in [-0.3, -0.25) is 0 Å². The molecule has 0 aliphatic carbocycles. The van der Waals surface area contributed by atoms with Crippen LogP contribution >= 0.6 is 11.8 Å². The van der Waals surface area contributed by atoms with Gasteiger partial charge >= 0.3 is 6.01 Å². The molecule has 3 N–H and O–H groups in total. The van der Waals surface area contributed by atoms with Crippen LogP contribution in [0.25, 0.3) is 0 Å². The van der Waals surface area contributed by atoms with E-state index in [2.05, 4.69) is 24.9 Å². The fourth-order valence-electron chi connectivity index (χ4n) is 1.06. The first-order chi connectivity index (χ1) is 8.13. The van der Waals surface area contributed by atoms with Crippen LogP contribution < -0.4 is 10.5 Å². The molecule has 0 saturated carbocycles. The molecule has 2 aromatic rings. The minimum atomic E-state index is -0.0155. The van der Waals surface area contributed by atoms with Gasteiger partial charge in [0.2, 0.25) is 11.1 Å². The molecule has 2 aromatic heterocycles. The Morgan fingerprint density at radius 1 is 1.35 bits per heavy atom. The molecule has 0 aromatic carbocycles. The first kappa shape index (κ1) is 11.6. The fraction of sp³-hybridized carbons (Fsp3) is 0.333. The molecule has 0 saturated heterocycles. The number of hydrogen-bond donors (Lipinski definition) is 2. The van der Waals surface area contributed by atoms with Gasteiger partial charge in [-0.15, -0.1) is 0 Å². The van der Waals surface area contributed by atoms with Crippen molar-refractivity contribution >= 4 is 17.7 Å². The van der Waals surface area contributed by atoms with Crippen LogP contribution in [0.5, 0.6) is 6.01 Å². The van der Waals surface area contributed by atoms with Gasteiger partial charge < -0.3 is 15.5 Å². The molecule has 2 heterocycles. The predicted molar refractivity (Wildman–Crippen MR) is 62.7 cm³/mol. The quantitative estimate of drug-likeness (QED) is 0.840. The largest absolute Gasteiger partial charge is 0.461 e.